The number of rotatable bonds is 9. The topological polar surface area (TPSA) is 59.4 Å². The molecule has 0 aliphatic rings. The minimum Gasteiger partial charge on any atom is -0.494 e. The molecular weight excluding hydrogens is 350 g/mol. The van der Waals surface area contributed by atoms with E-state index < -0.39 is 5.97 Å². The number of carboxylic acids is 1. The van der Waals surface area contributed by atoms with Crippen molar-refractivity contribution in [3.63, 3.8) is 0 Å². The molecule has 4 nitrogen and oxygen atoms in total. The number of aromatic carboxylic acids is 1. The van der Waals surface area contributed by atoms with E-state index in [0.717, 1.165) is 41.2 Å². The highest BCUT2D eigenvalue weighted by Crippen LogP contribution is 2.25. The number of carboxylic acid groups (broad SMARTS) is 1. The van der Waals surface area contributed by atoms with Crippen molar-refractivity contribution in [3.8, 4) is 28.1 Å². The minimum absolute atomic E-state index is 0.271. The van der Waals surface area contributed by atoms with Gasteiger partial charge in [0.05, 0.1) is 17.9 Å². The summed E-state index contributed by atoms with van der Waals surface area (Å²) in [5.74, 6) is -0.0356. The van der Waals surface area contributed by atoms with Crippen LogP contribution >= 0.6 is 0 Å². The van der Waals surface area contributed by atoms with Crippen LogP contribution in [0.15, 0.2) is 66.9 Å². The van der Waals surface area contributed by atoms with Gasteiger partial charge >= 0.3 is 5.97 Å². The van der Waals surface area contributed by atoms with Crippen LogP contribution in [0.25, 0.3) is 22.4 Å². The van der Waals surface area contributed by atoms with Crippen molar-refractivity contribution in [2.75, 3.05) is 6.61 Å². The second-order valence-corrected chi connectivity index (χ2v) is 6.75. The van der Waals surface area contributed by atoms with Gasteiger partial charge in [-0.15, -0.1) is 0 Å². The summed E-state index contributed by atoms with van der Waals surface area (Å²) < 4.78 is 5.79. The molecule has 2 aromatic carbocycles. The molecular formula is C24H25NO3. The predicted molar refractivity (Wildman–Crippen MR) is 112 cm³/mol. The molecule has 0 radical (unpaired) electrons. The van der Waals surface area contributed by atoms with Gasteiger partial charge in [-0.25, -0.2) is 4.79 Å². The van der Waals surface area contributed by atoms with Crippen molar-refractivity contribution in [2.45, 2.75) is 32.6 Å². The van der Waals surface area contributed by atoms with Gasteiger partial charge in [0.25, 0.3) is 0 Å². The van der Waals surface area contributed by atoms with E-state index in [1.807, 2.05) is 42.6 Å². The number of hydrogen-bond acceptors (Lipinski definition) is 3. The fraction of sp³-hybridized carbons (Fsp3) is 0.250. The molecule has 4 heteroatoms. The van der Waals surface area contributed by atoms with Crippen LogP contribution < -0.4 is 4.74 Å². The Balaban J connectivity index is 1.62. The summed E-state index contributed by atoms with van der Waals surface area (Å²) in [4.78, 5) is 15.5. The molecule has 0 aliphatic heterocycles. The molecule has 0 atom stereocenters. The molecule has 3 rings (SSSR count). The number of unbranched alkanes of at least 4 members (excludes halogenated alkanes) is 3. The standard InChI is InChI=1S/C24H25NO3/c1-2-3-4-5-16-28-22-13-10-18(11-14-22)21-12-15-23(25-17-21)19-6-8-20(9-7-19)24(26)27/h6-15,17H,2-5,16H2,1H3,(H,26,27). The molecule has 0 bridgehead atoms. The van der Waals surface area contributed by atoms with Crippen molar-refractivity contribution in [2.24, 2.45) is 0 Å². The largest absolute Gasteiger partial charge is 0.494 e. The zero-order valence-corrected chi connectivity index (χ0v) is 16.1. The Kier molecular flexibility index (Phi) is 6.79. The summed E-state index contributed by atoms with van der Waals surface area (Å²) >= 11 is 0. The van der Waals surface area contributed by atoms with Gasteiger partial charge in [-0.1, -0.05) is 56.5 Å². The van der Waals surface area contributed by atoms with Crippen LogP contribution in [0.5, 0.6) is 5.75 Å². The fourth-order valence-corrected chi connectivity index (χ4v) is 2.98. The molecule has 0 spiro atoms. The number of ether oxygens (including phenoxy) is 1. The van der Waals surface area contributed by atoms with Crippen LogP contribution in [0.1, 0.15) is 43.0 Å². The van der Waals surface area contributed by atoms with Crippen molar-refractivity contribution in [1.29, 1.82) is 0 Å². The van der Waals surface area contributed by atoms with E-state index in [0.29, 0.717) is 0 Å². The summed E-state index contributed by atoms with van der Waals surface area (Å²) in [7, 11) is 0. The Bertz CT molecular complexity index is 885. The summed E-state index contributed by atoms with van der Waals surface area (Å²) in [6.45, 7) is 2.96. The molecule has 0 aliphatic carbocycles. The van der Waals surface area contributed by atoms with Crippen molar-refractivity contribution < 1.29 is 14.6 Å². The van der Waals surface area contributed by atoms with Gasteiger partial charge in [-0.05, 0) is 42.3 Å². The lowest BCUT2D eigenvalue weighted by atomic mass is 10.0. The Morgan fingerprint density at radius 1 is 0.857 bits per heavy atom. The monoisotopic (exact) mass is 375 g/mol. The van der Waals surface area contributed by atoms with Gasteiger partial charge in [0.15, 0.2) is 0 Å². The first kappa shape index (κ1) is 19.6. The normalized spacial score (nSPS) is 10.6. The maximum absolute atomic E-state index is 10.9. The van der Waals surface area contributed by atoms with Gasteiger partial charge in [0, 0.05) is 17.3 Å². The number of carbonyl (C=O) groups is 1. The second kappa shape index (κ2) is 9.70. The van der Waals surface area contributed by atoms with Crippen molar-refractivity contribution >= 4 is 5.97 Å². The molecule has 0 saturated carbocycles. The number of benzene rings is 2. The first-order valence-electron chi connectivity index (χ1n) is 9.70. The first-order valence-corrected chi connectivity index (χ1v) is 9.70. The fourth-order valence-electron chi connectivity index (χ4n) is 2.98. The summed E-state index contributed by atoms with van der Waals surface area (Å²) in [5, 5.41) is 8.99. The number of aromatic nitrogens is 1. The summed E-state index contributed by atoms with van der Waals surface area (Å²) in [6.07, 6.45) is 6.63. The maximum atomic E-state index is 10.9. The van der Waals surface area contributed by atoms with Crippen LogP contribution in [-0.2, 0) is 0 Å². The number of hydrogen-bond donors (Lipinski definition) is 1. The molecule has 0 unspecified atom stereocenters. The lowest BCUT2D eigenvalue weighted by molar-refractivity contribution is 0.0697. The molecule has 0 fully saturated rings. The third-order valence-electron chi connectivity index (χ3n) is 4.65. The van der Waals surface area contributed by atoms with Crippen LogP contribution in [0, 0.1) is 0 Å². The quantitative estimate of drug-likeness (QED) is 0.461. The zero-order chi connectivity index (χ0) is 19.8. The van der Waals surface area contributed by atoms with Crippen molar-refractivity contribution in [3.05, 3.63) is 72.4 Å². The van der Waals surface area contributed by atoms with Crippen LogP contribution in [0.3, 0.4) is 0 Å². The average molecular weight is 375 g/mol. The Morgan fingerprint density at radius 2 is 1.54 bits per heavy atom. The van der Waals surface area contributed by atoms with Gasteiger partial charge in [-0.3, -0.25) is 4.98 Å². The van der Waals surface area contributed by atoms with E-state index in [-0.39, 0.29) is 5.56 Å². The highest BCUT2D eigenvalue weighted by Gasteiger charge is 2.05. The van der Waals surface area contributed by atoms with Gasteiger partial charge in [0.2, 0.25) is 0 Å². The molecule has 1 aromatic heterocycles. The van der Waals surface area contributed by atoms with E-state index >= 15 is 0 Å². The Morgan fingerprint density at radius 3 is 2.14 bits per heavy atom. The predicted octanol–water partition coefficient (Wildman–Crippen LogP) is 6.07. The Labute approximate surface area is 165 Å². The SMILES string of the molecule is CCCCCCOc1ccc(-c2ccc(-c3ccc(C(=O)O)cc3)nc2)cc1. The molecule has 0 saturated heterocycles. The molecule has 0 amide bonds. The van der Waals surface area contributed by atoms with E-state index in [2.05, 4.69) is 11.9 Å². The lowest BCUT2D eigenvalue weighted by Crippen LogP contribution is -1.97. The van der Waals surface area contributed by atoms with Crippen LogP contribution in [0.2, 0.25) is 0 Å². The smallest absolute Gasteiger partial charge is 0.335 e. The van der Waals surface area contributed by atoms with Gasteiger partial charge < -0.3 is 9.84 Å². The minimum atomic E-state index is -0.928. The summed E-state index contributed by atoms with van der Waals surface area (Å²) in [6, 6.07) is 18.8. The Hall–Kier alpha value is -3.14. The highest BCUT2D eigenvalue weighted by atomic mass is 16.5. The van der Waals surface area contributed by atoms with Crippen LogP contribution in [0.4, 0.5) is 0 Å². The molecule has 3 aromatic rings. The van der Waals surface area contributed by atoms with Crippen LogP contribution in [-0.4, -0.2) is 22.7 Å². The number of nitrogens with zero attached hydrogens (tertiary/aromatic N) is 1. The third kappa shape index (κ3) is 5.19. The molecule has 1 N–H and O–H groups in total. The van der Waals surface area contributed by atoms with Gasteiger partial charge in [0.1, 0.15) is 5.75 Å². The molecule has 28 heavy (non-hydrogen) atoms. The summed E-state index contributed by atoms with van der Waals surface area (Å²) in [5.41, 5.74) is 4.09. The highest BCUT2D eigenvalue weighted by molar-refractivity contribution is 5.88. The van der Waals surface area contributed by atoms with Crippen molar-refractivity contribution in [1.82, 2.24) is 4.98 Å². The number of pyridine rings is 1. The lowest BCUT2D eigenvalue weighted by Gasteiger charge is -2.08. The average Bonchev–Trinajstić information content (AvgIpc) is 2.74. The second-order valence-electron chi connectivity index (χ2n) is 6.75. The van der Waals surface area contributed by atoms with E-state index in [1.165, 1.54) is 19.3 Å². The maximum Gasteiger partial charge on any atom is 0.335 e. The molecule has 144 valence electrons. The third-order valence-corrected chi connectivity index (χ3v) is 4.65. The molecule has 1 heterocycles. The van der Waals surface area contributed by atoms with E-state index in [1.54, 1.807) is 24.3 Å². The van der Waals surface area contributed by atoms with Gasteiger partial charge in [-0.2, -0.15) is 0 Å². The zero-order valence-electron chi connectivity index (χ0n) is 16.1. The van der Waals surface area contributed by atoms with E-state index in [4.69, 9.17) is 9.84 Å². The first-order chi connectivity index (χ1) is 13.7. The van der Waals surface area contributed by atoms with E-state index in [9.17, 15) is 4.79 Å².